The average Bonchev–Trinajstić information content (AvgIpc) is 2.65. The summed E-state index contributed by atoms with van der Waals surface area (Å²) < 4.78 is 0. The SMILES string of the molecule is O=C(O)c1ccc2c3c(ccc(C(=O)O)c13)C(=O)N(c1ccncc1)C2=O. The molecule has 0 saturated carbocycles. The first-order valence-corrected chi connectivity index (χ1v) is 7.77. The molecule has 27 heavy (non-hydrogen) atoms. The van der Waals surface area contributed by atoms with Gasteiger partial charge in [-0.15, -0.1) is 0 Å². The van der Waals surface area contributed by atoms with Crippen molar-refractivity contribution in [3.8, 4) is 0 Å². The molecular weight excluding hydrogens is 352 g/mol. The number of hydrogen-bond acceptors (Lipinski definition) is 5. The molecule has 2 N–H and O–H groups in total. The summed E-state index contributed by atoms with van der Waals surface area (Å²) in [4.78, 5) is 53.9. The Morgan fingerprint density at radius 1 is 0.741 bits per heavy atom. The lowest BCUT2D eigenvalue weighted by Crippen LogP contribution is -2.40. The lowest BCUT2D eigenvalue weighted by molar-refractivity contribution is 0.0695. The van der Waals surface area contributed by atoms with E-state index < -0.39 is 23.8 Å². The van der Waals surface area contributed by atoms with Gasteiger partial charge in [0.2, 0.25) is 0 Å². The molecule has 0 radical (unpaired) electrons. The van der Waals surface area contributed by atoms with Crippen LogP contribution >= 0.6 is 0 Å². The summed E-state index contributed by atoms with van der Waals surface area (Å²) in [6.07, 6.45) is 2.87. The second kappa shape index (κ2) is 5.73. The van der Waals surface area contributed by atoms with E-state index in [1.807, 2.05) is 0 Å². The Hall–Kier alpha value is -4.07. The fourth-order valence-electron chi connectivity index (χ4n) is 3.27. The third kappa shape index (κ3) is 2.27. The molecule has 8 heteroatoms. The number of benzene rings is 2. The molecule has 1 aliphatic heterocycles. The predicted molar refractivity (Wildman–Crippen MR) is 93.2 cm³/mol. The molecule has 2 amide bonds. The third-order valence-electron chi connectivity index (χ3n) is 4.41. The molecule has 0 fully saturated rings. The van der Waals surface area contributed by atoms with Crippen molar-refractivity contribution in [3.05, 3.63) is 71.0 Å². The van der Waals surface area contributed by atoms with Crippen molar-refractivity contribution >= 4 is 40.2 Å². The lowest BCUT2D eigenvalue weighted by Gasteiger charge is -2.27. The number of anilines is 1. The monoisotopic (exact) mass is 362 g/mol. The van der Waals surface area contributed by atoms with Crippen LogP contribution in [0.25, 0.3) is 10.8 Å². The molecule has 0 atom stereocenters. The van der Waals surface area contributed by atoms with Gasteiger partial charge in [0, 0.05) is 34.3 Å². The van der Waals surface area contributed by atoms with Crippen molar-refractivity contribution in [1.29, 1.82) is 0 Å². The van der Waals surface area contributed by atoms with Gasteiger partial charge in [-0.3, -0.25) is 14.6 Å². The quantitative estimate of drug-likeness (QED) is 0.686. The van der Waals surface area contributed by atoms with Gasteiger partial charge in [-0.2, -0.15) is 0 Å². The fraction of sp³-hybridized carbons (Fsp3) is 0. The largest absolute Gasteiger partial charge is 0.478 e. The number of carbonyl (C=O) groups excluding carboxylic acids is 2. The number of carboxylic acids is 2. The number of aromatic nitrogens is 1. The van der Waals surface area contributed by atoms with Gasteiger partial charge in [-0.05, 0) is 36.4 Å². The van der Waals surface area contributed by atoms with Gasteiger partial charge in [0.05, 0.1) is 16.8 Å². The Morgan fingerprint density at radius 3 is 1.67 bits per heavy atom. The summed E-state index contributed by atoms with van der Waals surface area (Å²) >= 11 is 0. The van der Waals surface area contributed by atoms with Crippen LogP contribution in [0.3, 0.4) is 0 Å². The average molecular weight is 362 g/mol. The van der Waals surface area contributed by atoms with Crippen molar-refractivity contribution in [3.63, 3.8) is 0 Å². The topological polar surface area (TPSA) is 125 Å². The molecule has 3 aromatic rings. The van der Waals surface area contributed by atoms with Crippen LogP contribution < -0.4 is 4.90 Å². The van der Waals surface area contributed by atoms with E-state index in [1.165, 1.54) is 48.8 Å². The van der Waals surface area contributed by atoms with Crippen LogP contribution in [0.2, 0.25) is 0 Å². The molecule has 1 aliphatic rings. The fourth-order valence-corrected chi connectivity index (χ4v) is 3.27. The minimum Gasteiger partial charge on any atom is -0.478 e. The van der Waals surface area contributed by atoms with Crippen LogP contribution in [-0.2, 0) is 0 Å². The van der Waals surface area contributed by atoms with E-state index in [9.17, 15) is 29.4 Å². The highest BCUT2D eigenvalue weighted by Crippen LogP contribution is 2.36. The Kier molecular flexibility index (Phi) is 3.48. The maximum absolute atomic E-state index is 13.0. The van der Waals surface area contributed by atoms with E-state index in [2.05, 4.69) is 4.98 Å². The summed E-state index contributed by atoms with van der Waals surface area (Å²) in [5.74, 6) is -4.03. The number of rotatable bonds is 3. The third-order valence-corrected chi connectivity index (χ3v) is 4.41. The molecule has 2 heterocycles. The van der Waals surface area contributed by atoms with Gasteiger partial charge >= 0.3 is 11.9 Å². The molecule has 0 unspecified atom stereocenters. The molecule has 0 spiro atoms. The summed E-state index contributed by atoms with van der Waals surface area (Å²) in [5.41, 5.74) is -0.144. The summed E-state index contributed by atoms with van der Waals surface area (Å²) in [5, 5.41) is 18.8. The number of carbonyl (C=O) groups is 4. The zero-order chi connectivity index (χ0) is 19.3. The Labute approximate surface area is 151 Å². The molecule has 0 saturated heterocycles. The first kappa shape index (κ1) is 16.4. The number of imide groups is 1. The first-order valence-electron chi connectivity index (χ1n) is 7.77. The highest BCUT2D eigenvalue weighted by atomic mass is 16.4. The number of amides is 2. The smallest absolute Gasteiger partial charge is 0.336 e. The second-order valence-corrected chi connectivity index (χ2v) is 5.83. The number of pyridine rings is 1. The van der Waals surface area contributed by atoms with Crippen molar-refractivity contribution in [2.24, 2.45) is 0 Å². The van der Waals surface area contributed by atoms with Gasteiger partial charge in [0.15, 0.2) is 0 Å². The van der Waals surface area contributed by atoms with Gasteiger partial charge < -0.3 is 10.2 Å². The molecule has 4 rings (SSSR count). The zero-order valence-electron chi connectivity index (χ0n) is 13.5. The molecule has 132 valence electrons. The molecule has 0 aliphatic carbocycles. The van der Waals surface area contributed by atoms with Crippen molar-refractivity contribution in [1.82, 2.24) is 4.98 Å². The number of carboxylic acid groups (broad SMARTS) is 2. The van der Waals surface area contributed by atoms with Crippen LogP contribution in [-0.4, -0.2) is 39.0 Å². The minimum atomic E-state index is -1.35. The molecule has 0 bridgehead atoms. The molecular formula is C19H10N2O6. The van der Waals surface area contributed by atoms with E-state index in [1.54, 1.807) is 0 Å². The first-order chi connectivity index (χ1) is 12.9. The maximum Gasteiger partial charge on any atom is 0.336 e. The summed E-state index contributed by atoms with van der Waals surface area (Å²) in [6, 6.07) is 7.93. The summed E-state index contributed by atoms with van der Waals surface area (Å²) in [6.45, 7) is 0. The maximum atomic E-state index is 13.0. The van der Waals surface area contributed by atoms with Gasteiger partial charge in [0.1, 0.15) is 0 Å². The number of nitrogens with zero attached hydrogens (tertiary/aromatic N) is 2. The highest BCUT2D eigenvalue weighted by Gasteiger charge is 2.36. The predicted octanol–water partition coefficient (Wildman–Crippen LogP) is 2.43. The van der Waals surface area contributed by atoms with Crippen LogP contribution in [0.4, 0.5) is 5.69 Å². The van der Waals surface area contributed by atoms with E-state index >= 15 is 0 Å². The summed E-state index contributed by atoms with van der Waals surface area (Å²) in [7, 11) is 0. The van der Waals surface area contributed by atoms with Crippen molar-refractivity contribution in [2.75, 3.05) is 4.90 Å². The van der Waals surface area contributed by atoms with E-state index in [0.717, 1.165) is 4.90 Å². The van der Waals surface area contributed by atoms with Crippen LogP contribution in [0.15, 0.2) is 48.8 Å². The van der Waals surface area contributed by atoms with Gasteiger partial charge in [-0.25, -0.2) is 14.5 Å². The second-order valence-electron chi connectivity index (χ2n) is 5.83. The van der Waals surface area contributed by atoms with E-state index in [4.69, 9.17) is 0 Å². The van der Waals surface area contributed by atoms with E-state index in [0.29, 0.717) is 5.69 Å². The Balaban J connectivity index is 2.09. The Bertz CT molecular complexity index is 1100. The number of aromatic carboxylic acids is 2. The van der Waals surface area contributed by atoms with Gasteiger partial charge in [0.25, 0.3) is 11.8 Å². The van der Waals surface area contributed by atoms with Crippen LogP contribution in [0, 0.1) is 0 Å². The molecule has 1 aromatic heterocycles. The normalized spacial score (nSPS) is 13.1. The van der Waals surface area contributed by atoms with Gasteiger partial charge in [-0.1, -0.05) is 0 Å². The van der Waals surface area contributed by atoms with Crippen LogP contribution in [0.1, 0.15) is 41.4 Å². The number of hydrogen-bond donors (Lipinski definition) is 2. The van der Waals surface area contributed by atoms with Crippen molar-refractivity contribution < 1.29 is 29.4 Å². The van der Waals surface area contributed by atoms with Crippen molar-refractivity contribution in [2.45, 2.75) is 0 Å². The highest BCUT2D eigenvalue weighted by molar-refractivity contribution is 6.37. The minimum absolute atomic E-state index is 0.0371. The molecule has 2 aromatic carbocycles. The standard InChI is InChI=1S/C19H10N2O6/c22-16-10-1-3-12(18(24)25)15-13(19(26)27)4-2-11(14(10)15)17(23)21(16)9-5-7-20-8-6-9/h1-8H,(H,24,25)(H,26,27). The van der Waals surface area contributed by atoms with Crippen LogP contribution in [0.5, 0.6) is 0 Å². The van der Waals surface area contributed by atoms with E-state index in [-0.39, 0.29) is 33.0 Å². The lowest BCUT2D eigenvalue weighted by atomic mass is 9.88. The molecule has 8 nitrogen and oxygen atoms in total. The Morgan fingerprint density at radius 2 is 1.22 bits per heavy atom. The zero-order valence-corrected chi connectivity index (χ0v) is 13.5.